The van der Waals surface area contributed by atoms with Crippen molar-refractivity contribution in [1.29, 1.82) is 0 Å². The zero-order valence-corrected chi connectivity index (χ0v) is 14.0. The number of aromatic nitrogens is 2. The number of benzene rings is 1. The molecule has 0 aliphatic carbocycles. The first-order chi connectivity index (χ1) is 11.7. The maximum Gasteiger partial charge on any atom is 0.251 e. The molecule has 2 heterocycles. The van der Waals surface area contributed by atoms with Crippen molar-refractivity contribution in [1.82, 2.24) is 14.7 Å². The van der Waals surface area contributed by atoms with Crippen molar-refractivity contribution in [3.05, 3.63) is 59.9 Å². The van der Waals surface area contributed by atoms with Crippen LogP contribution in [-0.2, 0) is 6.54 Å². The summed E-state index contributed by atoms with van der Waals surface area (Å²) in [4.78, 5) is 17.6. The van der Waals surface area contributed by atoms with Gasteiger partial charge < -0.3 is 14.8 Å². The van der Waals surface area contributed by atoms with Crippen LogP contribution in [0.25, 0.3) is 4.96 Å². The molecule has 1 aromatic carbocycles. The smallest absolute Gasteiger partial charge is 0.251 e. The average molecular weight is 343 g/mol. The van der Waals surface area contributed by atoms with Gasteiger partial charge in [-0.2, -0.15) is 0 Å². The third-order valence-corrected chi connectivity index (χ3v) is 4.13. The number of thiazole rings is 1. The van der Waals surface area contributed by atoms with E-state index in [0.717, 1.165) is 10.7 Å². The lowest BCUT2D eigenvalue weighted by atomic mass is 10.2. The topological polar surface area (TPSA) is 64.9 Å². The van der Waals surface area contributed by atoms with Gasteiger partial charge in [0, 0.05) is 23.3 Å². The quantitative estimate of drug-likeness (QED) is 0.670. The highest BCUT2D eigenvalue weighted by atomic mass is 32.1. The molecule has 0 radical (unpaired) electrons. The number of carbonyl (C=O) groups is 1. The zero-order valence-electron chi connectivity index (χ0n) is 13.2. The predicted molar refractivity (Wildman–Crippen MR) is 92.9 cm³/mol. The Bertz CT molecular complexity index is 840. The van der Waals surface area contributed by atoms with Gasteiger partial charge in [0.1, 0.15) is 6.61 Å². The molecule has 0 saturated heterocycles. The van der Waals surface area contributed by atoms with E-state index in [2.05, 4.69) is 16.9 Å². The molecule has 1 N–H and O–H groups in total. The number of amides is 1. The maximum atomic E-state index is 12.3. The summed E-state index contributed by atoms with van der Waals surface area (Å²) in [6.45, 7) is 4.34. The van der Waals surface area contributed by atoms with E-state index in [1.807, 2.05) is 22.2 Å². The molecule has 0 fully saturated rings. The number of rotatable bonds is 7. The van der Waals surface area contributed by atoms with E-state index < -0.39 is 0 Å². The first kappa shape index (κ1) is 16.1. The molecule has 6 nitrogen and oxygen atoms in total. The van der Waals surface area contributed by atoms with E-state index >= 15 is 0 Å². The van der Waals surface area contributed by atoms with Gasteiger partial charge in [0.2, 0.25) is 0 Å². The molecule has 3 rings (SSSR count). The van der Waals surface area contributed by atoms with E-state index in [1.54, 1.807) is 35.6 Å². The van der Waals surface area contributed by atoms with Crippen molar-refractivity contribution in [2.24, 2.45) is 0 Å². The monoisotopic (exact) mass is 343 g/mol. The van der Waals surface area contributed by atoms with Crippen LogP contribution < -0.4 is 14.8 Å². The van der Waals surface area contributed by atoms with Crippen molar-refractivity contribution < 1.29 is 14.3 Å². The van der Waals surface area contributed by atoms with Crippen LogP contribution in [0.3, 0.4) is 0 Å². The Balaban J connectivity index is 1.67. The van der Waals surface area contributed by atoms with E-state index in [-0.39, 0.29) is 5.91 Å². The van der Waals surface area contributed by atoms with Crippen molar-refractivity contribution in [3.63, 3.8) is 0 Å². The average Bonchev–Trinajstić information content (AvgIpc) is 3.19. The van der Waals surface area contributed by atoms with Crippen LogP contribution in [0.1, 0.15) is 16.1 Å². The fourth-order valence-corrected chi connectivity index (χ4v) is 2.93. The Kier molecular flexibility index (Phi) is 4.81. The molecule has 0 atom stereocenters. The fourth-order valence-electron chi connectivity index (χ4n) is 2.21. The predicted octanol–water partition coefficient (Wildman–Crippen LogP) is 2.90. The van der Waals surface area contributed by atoms with Gasteiger partial charge in [-0.3, -0.25) is 9.20 Å². The lowest BCUT2D eigenvalue weighted by Gasteiger charge is -2.11. The molecule has 2 aromatic heterocycles. The van der Waals surface area contributed by atoms with Crippen molar-refractivity contribution in [3.8, 4) is 11.5 Å². The molecule has 0 aliphatic rings. The zero-order chi connectivity index (χ0) is 16.9. The van der Waals surface area contributed by atoms with E-state index in [4.69, 9.17) is 9.47 Å². The van der Waals surface area contributed by atoms with Gasteiger partial charge in [0.15, 0.2) is 16.5 Å². The molecule has 7 heteroatoms. The molecule has 0 bridgehead atoms. The molecule has 0 saturated carbocycles. The maximum absolute atomic E-state index is 12.3. The highest BCUT2D eigenvalue weighted by Crippen LogP contribution is 2.28. The largest absolute Gasteiger partial charge is 0.493 e. The fraction of sp³-hybridized carbons (Fsp3) is 0.176. The number of hydrogen-bond acceptors (Lipinski definition) is 5. The van der Waals surface area contributed by atoms with Crippen LogP contribution in [0.4, 0.5) is 0 Å². The first-order valence-corrected chi connectivity index (χ1v) is 8.20. The number of ether oxygens (including phenoxy) is 2. The Morgan fingerprint density at radius 3 is 3.08 bits per heavy atom. The summed E-state index contributed by atoms with van der Waals surface area (Å²) in [6, 6.07) is 5.06. The Hall–Kier alpha value is -2.80. The van der Waals surface area contributed by atoms with Gasteiger partial charge in [0.25, 0.3) is 5.91 Å². The van der Waals surface area contributed by atoms with Gasteiger partial charge in [-0.25, -0.2) is 4.98 Å². The standard InChI is InChI=1S/C17H17N3O3S/c1-3-7-23-14-5-4-12(9-15(14)22-2)16(21)18-10-13-11-20-6-8-24-17(20)19-13/h3-6,8-9,11H,1,7,10H2,2H3,(H,18,21). The summed E-state index contributed by atoms with van der Waals surface area (Å²) < 4.78 is 12.7. The van der Waals surface area contributed by atoms with Crippen LogP contribution in [0.15, 0.2) is 48.6 Å². The van der Waals surface area contributed by atoms with Gasteiger partial charge in [-0.15, -0.1) is 11.3 Å². The SMILES string of the molecule is C=CCOc1ccc(C(=O)NCc2cn3ccsc3n2)cc1OC. The van der Waals surface area contributed by atoms with Gasteiger partial charge in [-0.05, 0) is 18.2 Å². The molecule has 0 unspecified atom stereocenters. The minimum absolute atomic E-state index is 0.195. The summed E-state index contributed by atoms with van der Waals surface area (Å²) in [5.74, 6) is 0.884. The van der Waals surface area contributed by atoms with Crippen molar-refractivity contribution in [2.75, 3.05) is 13.7 Å². The second-order valence-electron chi connectivity index (χ2n) is 4.97. The van der Waals surface area contributed by atoms with Crippen molar-refractivity contribution >= 4 is 22.2 Å². The number of fused-ring (bicyclic) bond motifs is 1. The summed E-state index contributed by atoms with van der Waals surface area (Å²) in [5.41, 5.74) is 1.31. The van der Waals surface area contributed by atoms with Crippen LogP contribution >= 0.6 is 11.3 Å². The number of imidazole rings is 1. The van der Waals surface area contributed by atoms with Crippen LogP contribution in [0, 0.1) is 0 Å². The Morgan fingerprint density at radius 2 is 2.33 bits per heavy atom. The molecular formula is C17H17N3O3S. The molecule has 3 aromatic rings. The number of methoxy groups -OCH3 is 1. The summed E-state index contributed by atoms with van der Waals surface area (Å²) in [5, 5.41) is 4.82. The van der Waals surface area contributed by atoms with Gasteiger partial charge in [-0.1, -0.05) is 12.7 Å². The highest BCUT2D eigenvalue weighted by molar-refractivity contribution is 7.15. The van der Waals surface area contributed by atoms with Crippen molar-refractivity contribution in [2.45, 2.75) is 6.54 Å². The van der Waals surface area contributed by atoms with E-state index in [0.29, 0.717) is 30.2 Å². The van der Waals surface area contributed by atoms with Crippen LogP contribution in [0.5, 0.6) is 11.5 Å². The third kappa shape index (κ3) is 3.41. The first-order valence-electron chi connectivity index (χ1n) is 7.32. The lowest BCUT2D eigenvalue weighted by Crippen LogP contribution is -2.23. The molecule has 24 heavy (non-hydrogen) atoms. The Morgan fingerprint density at radius 1 is 1.46 bits per heavy atom. The molecular weight excluding hydrogens is 326 g/mol. The minimum Gasteiger partial charge on any atom is -0.493 e. The normalized spacial score (nSPS) is 10.5. The third-order valence-electron chi connectivity index (χ3n) is 3.36. The van der Waals surface area contributed by atoms with Gasteiger partial charge >= 0.3 is 0 Å². The summed E-state index contributed by atoms with van der Waals surface area (Å²) in [7, 11) is 1.54. The molecule has 1 amide bonds. The van der Waals surface area contributed by atoms with E-state index in [9.17, 15) is 4.79 Å². The van der Waals surface area contributed by atoms with Crippen LogP contribution in [0.2, 0.25) is 0 Å². The lowest BCUT2D eigenvalue weighted by molar-refractivity contribution is 0.0950. The number of nitrogens with zero attached hydrogens (tertiary/aromatic N) is 2. The second-order valence-corrected chi connectivity index (χ2v) is 5.85. The summed E-state index contributed by atoms with van der Waals surface area (Å²) in [6.07, 6.45) is 5.49. The van der Waals surface area contributed by atoms with E-state index in [1.165, 1.54) is 7.11 Å². The molecule has 0 spiro atoms. The number of carbonyl (C=O) groups excluding carboxylic acids is 1. The Labute approximate surface area is 143 Å². The minimum atomic E-state index is -0.195. The summed E-state index contributed by atoms with van der Waals surface area (Å²) >= 11 is 1.55. The van der Waals surface area contributed by atoms with Gasteiger partial charge in [0.05, 0.1) is 19.3 Å². The number of hydrogen-bond donors (Lipinski definition) is 1. The highest BCUT2D eigenvalue weighted by Gasteiger charge is 2.12. The number of nitrogens with one attached hydrogen (secondary N) is 1. The second kappa shape index (κ2) is 7.18. The molecule has 0 aliphatic heterocycles. The van der Waals surface area contributed by atoms with Crippen LogP contribution in [-0.4, -0.2) is 29.0 Å². The molecule has 124 valence electrons.